The molecule has 7 heteroatoms. The Hall–Kier alpha value is -3.19. The van der Waals surface area contributed by atoms with Crippen LogP contribution in [0.1, 0.15) is 66.0 Å². The second-order valence-electron chi connectivity index (χ2n) is 8.41. The van der Waals surface area contributed by atoms with Crippen molar-refractivity contribution in [2.75, 3.05) is 0 Å². The van der Waals surface area contributed by atoms with E-state index in [-0.39, 0.29) is 17.6 Å². The van der Waals surface area contributed by atoms with Crippen LogP contribution >= 0.6 is 12.2 Å². The van der Waals surface area contributed by atoms with Crippen LogP contribution in [0.25, 0.3) is 11.3 Å². The summed E-state index contributed by atoms with van der Waals surface area (Å²) >= 11 is 5.80. The van der Waals surface area contributed by atoms with Gasteiger partial charge in [-0.1, -0.05) is 37.5 Å². The van der Waals surface area contributed by atoms with Crippen molar-refractivity contribution in [2.24, 2.45) is 0 Å². The number of rotatable bonds is 5. The number of aromatic carboxylic acids is 1. The van der Waals surface area contributed by atoms with Crippen LogP contribution in [-0.4, -0.2) is 32.1 Å². The minimum Gasteiger partial charge on any atom is -0.478 e. The lowest BCUT2D eigenvalue weighted by atomic mass is 9.92. The topological polar surface area (TPSA) is 78.6 Å². The number of furan rings is 1. The third-order valence-electron chi connectivity index (χ3n) is 6.42. The van der Waals surface area contributed by atoms with Crippen LogP contribution in [0.2, 0.25) is 0 Å². The summed E-state index contributed by atoms with van der Waals surface area (Å²) in [5.74, 6) is 0.487. The van der Waals surface area contributed by atoms with Crippen molar-refractivity contribution < 1.29 is 14.3 Å². The second-order valence-corrected chi connectivity index (χ2v) is 8.80. The van der Waals surface area contributed by atoms with Crippen LogP contribution in [0.4, 0.5) is 0 Å². The number of pyridine rings is 1. The van der Waals surface area contributed by atoms with Gasteiger partial charge in [0.25, 0.3) is 0 Å². The summed E-state index contributed by atoms with van der Waals surface area (Å²) in [4.78, 5) is 18.3. The third-order valence-corrected chi connectivity index (χ3v) is 6.74. The van der Waals surface area contributed by atoms with Crippen molar-refractivity contribution in [2.45, 2.75) is 50.2 Å². The molecule has 32 heavy (non-hydrogen) atoms. The zero-order chi connectivity index (χ0) is 22.1. The smallest absolute Gasteiger partial charge is 0.335 e. The normalized spacial score (nSPS) is 21.5. The van der Waals surface area contributed by atoms with Crippen LogP contribution in [-0.2, 0) is 0 Å². The van der Waals surface area contributed by atoms with Crippen molar-refractivity contribution in [1.29, 1.82) is 0 Å². The lowest BCUT2D eigenvalue weighted by Gasteiger charge is -2.36. The summed E-state index contributed by atoms with van der Waals surface area (Å²) in [6, 6.07) is 16.7. The van der Waals surface area contributed by atoms with E-state index in [0.29, 0.717) is 11.8 Å². The van der Waals surface area contributed by atoms with Gasteiger partial charge in [-0.3, -0.25) is 4.98 Å². The number of nitrogens with zero attached hydrogens (tertiary/aromatic N) is 2. The van der Waals surface area contributed by atoms with Gasteiger partial charge in [0.2, 0.25) is 0 Å². The number of thiocarbonyl (C=S) groups is 1. The molecule has 2 fully saturated rings. The summed E-state index contributed by atoms with van der Waals surface area (Å²) < 4.78 is 6.35. The number of hydrogen-bond donors (Lipinski definition) is 2. The number of hydrogen-bond acceptors (Lipinski definition) is 4. The Morgan fingerprint density at radius 2 is 1.94 bits per heavy atom. The molecule has 5 rings (SSSR count). The summed E-state index contributed by atoms with van der Waals surface area (Å²) in [5.41, 5.74) is 1.90. The van der Waals surface area contributed by atoms with Gasteiger partial charge < -0.3 is 19.7 Å². The first-order chi connectivity index (χ1) is 15.6. The molecule has 0 spiro atoms. The maximum Gasteiger partial charge on any atom is 0.335 e. The molecule has 0 bridgehead atoms. The van der Waals surface area contributed by atoms with E-state index in [0.717, 1.165) is 35.0 Å². The monoisotopic (exact) mass is 447 g/mol. The van der Waals surface area contributed by atoms with E-state index in [9.17, 15) is 9.90 Å². The van der Waals surface area contributed by atoms with Crippen LogP contribution in [0, 0.1) is 0 Å². The Bertz CT molecular complexity index is 1120. The molecular formula is C25H25N3O3S. The molecule has 0 radical (unpaired) electrons. The number of benzene rings is 1. The van der Waals surface area contributed by atoms with E-state index in [1.807, 2.05) is 36.4 Å². The number of nitrogens with one attached hydrogen (secondary N) is 1. The number of carboxylic acids is 1. The van der Waals surface area contributed by atoms with E-state index in [1.54, 1.807) is 24.4 Å². The van der Waals surface area contributed by atoms with Gasteiger partial charge in [-0.05, 0) is 61.5 Å². The Kier molecular flexibility index (Phi) is 5.66. The van der Waals surface area contributed by atoms with Gasteiger partial charge in [0.05, 0.1) is 17.3 Å². The highest BCUT2D eigenvalue weighted by molar-refractivity contribution is 7.80. The van der Waals surface area contributed by atoms with Gasteiger partial charge in [-0.25, -0.2) is 4.79 Å². The fourth-order valence-electron chi connectivity index (χ4n) is 4.89. The predicted molar refractivity (Wildman–Crippen MR) is 125 cm³/mol. The highest BCUT2D eigenvalue weighted by Gasteiger charge is 2.44. The maximum absolute atomic E-state index is 11.4. The van der Waals surface area contributed by atoms with Crippen molar-refractivity contribution in [3.63, 3.8) is 0 Å². The van der Waals surface area contributed by atoms with Gasteiger partial charge in [-0.15, -0.1) is 0 Å². The molecule has 164 valence electrons. The molecule has 3 aromatic rings. The van der Waals surface area contributed by atoms with Gasteiger partial charge in [0, 0.05) is 17.8 Å². The van der Waals surface area contributed by atoms with Crippen molar-refractivity contribution in [3.05, 3.63) is 77.8 Å². The molecule has 0 amide bonds. The van der Waals surface area contributed by atoms with Gasteiger partial charge in [-0.2, -0.15) is 0 Å². The second kappa shape index (κ2) is 8.74. The lowest BCUT2D eigenvalue weighted by molar-refractivity contribution is 0.0697. The summed E-state index contributed by atoms with van der Waals surface area (Å²) in [7, 11) is 0. The summed E-state index contributed by atoms with van der Waals surface area (Å²) in [6.45, 7) is 0. The summed E-state index contributed by atoms with van der Waals surface area (Å²) in [6.07, 6.45) is 7.70. The Labute approximate surface area is 192 Å². The van der Waals surface area contributed by atoms with Crippen LogP contribution < -0.4 is 5.32 Å². The molecule has 2 aromatic heterocycles. The van der Waals surface area contributed by atoms with Gasteiger partial charge >= 0.3 is 5.97 Å². The first-order valence-corrected chi connectivity index (χ1v) is 11.5. The van der Waals surface area contributed by atoms with E-state index in [4.69, 9.17) is 16.6 Å². The molecule has 3 heterocycles. The number of aromatic nitrogens is 1. The van der Waals surface area contributed by atoms with E-state index in [2.05, 4.69) is 15.2 Å². The van der Waals surface area contributed by atoms with Crippen molar-refractivity contribution >= 4 is 23.3 Å². The number of carbonyl (C=O) groups is 1. The fraction of sp³-hybridized carbons (Fsp3) is 0.320. The highest BCUT2D eigenvalue weighted by Crippen LogP contribution is 2.43. The Balaban J connectivity index is 1.53. The zero-order valence-electron chi connectivity index (χ0n) is 17.6. The standard InChI is InChI=1S/C25H25N3O3S/c29-24(30)17-8-6-7-16(15-17)20-12-13-21(31-20)23-22(19-11-4-5-14-26-19)27-25(32)28(23)18-9-2-1-3-10-18/h4-8,11-15,18,22-23H,1-3,9-10H2,(H,27,32)(H,29,30)/t22-,23+/m0/s1. The molecule has 2 N–H and O–H groups in total. The molecule has 0 unspecified atom stereocenters. The van der Waals surface area contributed by atoms with Gasteiger partial charge in [0.15, 0.2) is 5.11 Å². The Morgan fingerprint density at radius 1 is 1.09 bits per heavy atom. The lowest BCUT2D eigenvalue weighted by Crippen LogP contribution is -2.40. The van der Waals surface area contributed by atoms with Crippen LogP contribution in [0.5, 0.6) is 0 Å². The average molecular weight is 448 g/mol. The highest BCUT2D eigenvalue weighted by atomic mass is 32.1. The molecule has 6 nitrogen and oxygen atoms in total. The van der Waals surface area contributed by atoms with Crippen LogP contribution in [0.15, 0.2) is 65.2 Å². The SMILES string of the molecule is O=C(O)c1cccc(-c2ccc([C@@H]3[C@H](c4ccccn4)NC(=S)N3C3CCCCC3)o2)c1. The van der Waals surface area contributed by atoms with Crippen molar-refractivity contribution in [1.82, 2.24) is 15.2 Å². The molecule has 2 atom stereocenters. The first-order valence-electron chi connectivity index (χ1n) is 11.0. The van der Waals surface area contributed by atoms with Gasteiger partial charge in [0.1, 0.15) is 17.6 Å². The minimum atomic E-state index is -0.956. The fourth-order valence-corrected chi connectivity index (χ4v) is 5.28. The van der Waals surface area contributed by atoms with E-state index >= 15 is 0 Å². The molecule has 1 saturated carbocycles. The van der Waals surface area contributed by atoms with Crippen LogP contribution in [0.3, 0.4) is 0 Å². The van der Waals surface area contributed by atoms with E-state index in [1.165, 1.54) is 19.3 Å². The van der Waals surface area contributed by atoms with Crippen molar-refractivity contribution in [3.8, 4) is 11.3 Å². The predicted octanol–water partition coefficient (Wildman–Crippen LogP) is 5.35. The minimum absolute atomic E-state index is 0.114. The first kappa shape index (κ1) is 20.7. The molecule has 1 aliphatic carbocycles. The molecular weight excluding hydrogens is 422 g/mol. The zero-order valence-corrected chi connectivity index (χ0v) is 18.4. The third kappa shape index (κ3) is 3.88. The maximum atomic E-state index is 11.4. The largest absolute Gasteiger partial charge is 0.478 e. The molecule has 1 aromatic carbocycles. The molecule has 1 aliphatic heterocycles. The quantitative estimate of drug-likeness (QED) is 0.511. The molecule has 2 aliphatic rings. The van der Waals surface area contributed by atoms with E-state index < -0.39 is 5.97 Å². The number of carboxylic acid groups (broad SMARTS) is 1. The average Bonchev–Trinajstić information content (AvgIpc) is 3.45. The Morgan fingerprint density at radius 3 is 2.69 bits per heavy atom. The summed E-state index contributed by atoms with van der Waals surface area (Å²) in [5, 5.41) is 13.6. The molecule has 1 saturated heterocycles.